The number of ether oxygens (including phenoxy) is 1. The van der Waals surface area contributed by atoms with Crippen LogP contribution in [0.25, 0.3) is 0 Å². The van der Waals surface area contributed by atoms with Crippen molar-refractivity contribution in [3.8, 4) is 0 Å². The molecule has 0 amide bonds. The Kier molecular flexibility index (Phi) is 3.71. The molecule has 1 aliphatic heterocycles. The van der Waals surface area contributed by atoms with E-state index >= 15 is 0 Å². The van der Waals surface area contributed by atoms with Gasteiger partial charge in [-0.2, -0.15) is 0 Å². The Morgan fingerprint density at radius 3 is 2.74 bits per heavy atom. The van der Waals surface area contributed by atoms with Gasteiger partial charge in [0.1, 0.15) is 6.10 Å². The van der Waals surface area contributed by atoms with Crippen LogP contribution in [-0.2, 0) is 14.3 Å². The molecule has 102 valence electrons. The van der Waals surface area contributed by atoms with Gasteiger partial charge in [0.05, 0.1) is 6.10 Å². The quantitative estimate of drug-likeness (QED) is 0.410. The predicted octanol–water partition coefficient (Wildman–Crippen LogP) is 1.70. The summed E-state index contributed by atoms with van der Waals surface area (Å²) in [6.07, 6.45) is 1.63. The highest BCUT2D eigenvalue weighted by Gasteiger charge is 2.38. The van der Waals surface area contributed by atoms with E-state index in [0.717, 1.165) is 0 Å². The first-order chi connectivity index (χ1) is 8.90. The number of ketones is 1. The molecule has 0 aromatic heterocycles. The average molecular weight is 262 g/mol. The van der Waals surface area contributed by atoms with Gasteiger partial charge in [-0.25, -0.2) is 4.79 Å². The van der Waals surface area contributed by atoms with Gasteiger partial charge >= 0.3 is 5.97 Å². The molecule has 2 aliphatic rings. The lowest BCUT2D eigenvalue weighted by molar-refractivity contribution is -0.137. The lowest BCUT2D eigenvalue weighted by Crippen LogP contribution is -2.22. The third kappa shape index (κ3) is 2.68. The van der Waals surface area contributed by atoms with E-state index in [0.29, 0.717) is 29.6 Å². The van der Waals surface area contributed by atoms with E-state index in [1.165, 1.54) is 0 Å². The van der Waals surface area contributed by atoms with E-state index in [1.54, 1.807) is 13.0 Å². The summed E-state index contributed by atoms with van der Waals surface area (Å²) >= 11 is 0. The SMILES string of the molecule is C=C1CCC2C(=C)C(=O)OC2/C=C(\C)C(O)CC1=O. The van der Waals surface area contributed by atoms with Crippen LogP contribution in [-0.4, -0.2) is 29.1 Å². The third-order valence-electron chi connectivity index (χ3n) is 3.83. The van der Waals surface area contributed by atoms with Crippen molar-refractivity contribution in [1.29, 1.82) is 0 Å². The van der Waals surface area contributed by atoms with E-state index in [-0.39, 0.29) is 18.1 Å². The topological polar surface area (TPSA) is 63.6 Å². The van der Waals surface area contributed by atoms with Crippen molar-refractivity contribution in [2.45, 2.75) is 38.4 Å². The zero-order valence-electron chi connectivity index (χ0n) is 11.0. The molecule has 1 saturated heterocycles. The Bertz CT molecular complexity index is 486. The molecule has 0 saturated carbocycles. The third-order valence-corrected chi connectivity index (χ3v) is 3.83. The molecule has 0 radical (unpaired) electrons. The van der Waals surface area contributed by atoms with Crippen molar-refractivity contribution in [2.75, 3.05) is 0 Å². The zero-order chi connectivity index (χ0) is 14.2. The first-order valence-corrected chi connectivity index (χ1v) is 6.37. The standard InChI is InChI=1S/C15H18O4/c1-8-4-5-11-10(3)15(18)19-14(11)6-9(2)13(17)7-12(8)16/h6,11,13-14,17H,1,3-5,7H2,2H3/b9-6+. The van der Waals surface area contributed by atoms with E-state index in [9.17, 15) is 14.7 Å². The normalized spacial score (nSPS) is 35.5. The van der Waals surface area contributed by atoms with Crippen molar-refractivity contribution in [1.82, 2.24) is 0 Å². The van der Waals surface area contributed by atoms with Crippen LogP contribution in [0.1, 0.15) is 26.2 Å². The molecule has 19 heavy (non-hydrogen) atoms. The number of esters is 1. The first-order valence-electron chi connectivity index (χ1n) is 6.37. The summed E-state index contributed by atoms with van der Waals surface area (Å²) in [6, 6.07) is 0. The van der Waals surface area contributed by atoms with Crippen LogP contribution in [0, 0.1) is 5.92 Å². The van der Waals surface area contributed by atoms with Crippen molar-refractivity contribution in [3.05, 3.63) is 36.0 Å². The molecule has 0 bridgehead atoms. The number of hydrogen-bond donors (Lipinski definition) is 1. The van der Waals surface area contributed by atoms with Crippen LogP contribution in [0.5, 0.6) is 0 Å². The maximum absolute atomic E-state index is 11.8. The molecule has 0 aromatic rings. The van der Waals surface area contributed by atoms with Crippen LogP contribution in [0.2, 0.25) is 0 Å². The van der Waals surface area contributed by atoms with Crippen LogP contribution in [0.15, 0.2) is 36.0 Å². The summed E-state index contributed by atoms with van der Waals surface area (Å²) in [5.74, 6) is -0.670. The number of carbonyl (C=O) groups excluding carboxylic acids is 2. The molecule has 1 fully saturated rings. The number of rotatable bonds is 0. The fraction of sp³-hybridized carbons (Fsp3) is 0.467. The van der Waals surface area contributed by atoms with Gasteiger partial charge in [-0.1, -0.05) is 13.2 Å². The smallest absolute Gasteiger partial charge is 0.334 e. The Labute approximate surface area is 112 Å². The van der Waals surface area contributed by atoms with Gasteiger partial charge in [0.2, 0.25) is 0 Å². The summed E-state index contributed by atoms with van der Waals surface area (Å²) in [7, 11) is 0. The lowest BCUT2D eigenvalue weighted by atomic mass is 9.86. The first kappa shape index (κ1) is 13.7. The monoisotopic (exact) mass is 262 g/mol. The minimum absolute atomic E-state index is 0.0352. The molecule has 4 heteroatoms. The summed E-state index contributed by atoms with van der Waals surface area (Å²) in [6.45, 7) is 9.23. The number of aliphatic hydroxyl groups excluding tert-OH is 1. The van der Waals surface area contributed by atoms with Crippen molar-refractivity contribution in [3.63, 3.8) is 0 Å². The van der Waals surface area contributed by atoms with E-state index in [2.05, 4.69) is 13.2 Å². The number of fused-ring (bicyclic) bond motifs is 1. The van der Waals surface area contributed by atoms with Gasteiger partial charge in [-0.3, -0.25) is 4.79 Å². The molecule has 3 unspecified atom stereocenters. The zero-order valence-corrected chi connectivity index (χ0v) is 11.0. The fourth-order valence-corrected chi connectivity index (χ4v) is 2.44. The maximum Gasteiger partial charge on any atom is 0.334 e. The summed E-state index contributed by atoms with van der Waals surface area (Å²) in [5.41, 5.74) is 1.56. The van der Waals surface area contributed by atoms with Gasteiger partial charge in [-0.05, 0) is 37.0 Å². The molecular formula is C15H18O4. The molecule has 1 aliphatic carbocycles. The van der Waals surface area contributed by atoms with Gasteiger partial charge in [0.15, 0.2) is 5.78 Å². The molecular weight excluding hydrogens is 244 g/mol. The summed E-state index contributed by atoms with van der Waals surface area (Å²) < 4.78 is 5.25. The second-order valence-corrected chi connectivity index (χ2v) is 5.20. The minimum Gasteiger partial charge on any atom is -0.454 e. The van der Waals surface area contributed by atoms with Crippen LogP contribution in [0.4, 0.5) is 0 Å². The van der Waals surface area contributed by atoms with Crippen LogP contribution >= 0.6 is 0 Å². The molecule has 0 spiro atoms. The maximum atomic E-state index is 11.8. The Hall–Kier alpha value is -1.68. The molecule has 0 aromatic carbocycles. The number of carbonyl (C=O) groups is 2. The Morgan fingerprint density at radius 2 is 2.05 bits per heavy atom. The second kappa shape index (κ2) is 5.13. The van der Waals surface area contributed by atoms with Crippen molar-refractivity contribution >= 4 is 11.8 Å². The van der Waals surface area contributed by atoms with Gasteiger partial charge < -0.3 is 9.84 Å². The molecule has 3 atom stereocenters. The molecule has 1 heterocycles. The van der Waals surface area contributed by atoms with Crippen LogP contribution < -0.4 is 0 Å². The minimum atomic E-state index is -0.851. The number of aliphatic hydroxyl groups is 1. The van der Waals surface area contributed by atoms with Crippen molar-refractivity contribution in [2.24, 2.45) is 5.92 Å². The second-order valence-electron chi connectivity index (χ2n) is 5.20. The highest BCUT2D eigenvalue weighted by atomic mass is 16.5. The van der Waals surface area contributed by atoms with E-state index in [4.69, 9.17) is 4.74 Å². The van der Waals surface area contributed by atoms with Gasteiger partial charge in [0, 0.05) is 17.9 Å². The summed E-state index contributed by atoms with van der Waals surface area (Å²) in [4.78, 5) is 23.4. The Morgan fingerprint density at radius 1 is 1.37 bits per heavy atom. The lowest BCUT2D eigenvalue weighted by Gasteiger charge is -2.20. The van der Waals surface area contributed by atoms with Gasteiger partial charge in [-0.15, -0.1) is 0 Å². The van der Waals surface area contributed by atoms with Crippen LogP contribution in [0.3, 0.4) is 0 Å². The number of allylic oxidation sites excluding steroid dienone is 1. The summed E-state index contributed by atoms with van der Waals surface area (Å²) in [5, 5.41) is 9.95. The predicted molar refractivity (Wildman–Crippen MR) is 70.3 cm³/mol. The van der Waals surface area contributed by atoms with Crippen molar-refractivity contribution < 1.29 is 19.4 Å². The largest absolute Gasteiger partial charge is 0.454 e. The fourth-order valence-electron chi connectivity index (χ4n) is 2.44. The van der Waals surface area contributed by atoms with E-state index in [1.807, 2.05) is 0 Å². The number of hydrogen-bond acceptors (Lipinski definition) is 4. The number of Topliss-reactive ketones (excluding diaryl/α,β-unsaturated/α-hetero) is 1. The Balaban J connectivity index is 2.32. The molecule has 1 N–H and O–H groups in total. The van der Waals surface area contributed by atoms with Gasteiger partial charge in [0.25, 0.3) is 0 Å². The average Bonchev–Trinajstić information content (AvgIpc) is 2.61. The molecule has 2 rings (SSSR count). The molecule has 4 nitrogen and oxygen atoms in total. The van der Waals surface area contributed by atoms with E-state index < -0.39 is 18.2 Å². The highest BCUT2D eigenvalue weighted by molar-refractivity contribution is 5.95. The highest BCUT2D eigenvalue weighted by Crippen LogP contribution is 2.34.